The molecule has 1 saturated heterocycles. The minimum absolute atomic E-state index is 0.117. The summed E-state index contributed by atoms with van der Waals surface area (Å²) in [6, 6.07) is 11.6. The first-order valence-electron chi connectivity index (χ1n) is 7.99. The Morgan fingerprint density at radius 2 is 1.91 bits per heavy atom. The van der Waals surface area contributed by atoms with Gasteiger partial charge in [0.25, 0.3) is 5.56 Å². The second kappa shape index (κ2) is 6.98. The van der Waals surface area contributed by atoms with Crippen molar-refractivity contribution in [3.63, 3.8) is 0 Å². The number of likely N-dealkylation sites (tertiary alicyclic amines) is 1. The molecule has 0 unspecified atom stereocenters. The van der Waals surface area contributed by atoms with Crippen molar-refractivity contribution in [2.75, 3.05) is 13.2 Å². The number of aromatic hydroxyl groups is 1. The van der Waals surface area contributed by atoms with Gasteiger partial charge in [-0.1, -0.05) is 30.3 Å². The van der Waals surface area contributed by atoms with E-state index in [2.05, 4.69) is 4.90 Å². The Kier molecular flexibility index (Phi) is 4.79. The van der Waals surface area contributed by atoms with Crippen LogP contribution in [0.2, 0.25) is 0 Å². The monoisotopic (exact) mass is 314 g/mol. The van der Waals surface area contributed by atoms with Gasteiger partial charge in [-0.2, -0.15) is 0 Å². The molecule has 23 heavy (non-hydrogen) atoms. The van der Waals surface area contributed by atoms with Gasteiger partial charge in [0.2, 0.25) is 0 Å². The highest BCUT2D eigenvalue weighted by molar-refractivity contribution is 5.30. The number of nitrogens with zero attached hydrogens (tertiary/aromatic N) is 2. The Labute approximate surface area is 135 Å². The molecule has 1 fully saturated rings. The van der Waals surface area contributed by atoms with Gasteiger partial charge in [-0.15, -0.1) is 0 Å². The molecular weight excluding hydrogens is 292 g/mol. The average Bonchev–Trinajstić information content (AvgIpc) is 3.03. The molecule has 0 radical (unpaired) electrons. The zero-order chi connectivity index (χ0) is 16.2. The van der Waals surface area contributed by atoms with Gasteiger partial charge in [0.15, 0.2) is 5.75 Å². The molecular formula is C18H22N2O3. The van der Waals surface area contributed by atoms with Crippen molar-refractivity contribution in [2.45, 2.75) is 32.0 Å². The number of hydrogen-bond donors (Lipinski definition) is 2. The summed E-state index contributed by atoms with van der Waals surface area (Å²) >= 11 is 0. The lowest BCUT2D eigenvalue weighted by Crippen LogP contribution is -2.32. The lowest BCUT2D eigenvalue weighted by Gasteiger charge is -2.23. The van der Waals surface area contributed by atoms with Crippen LogP contribution in [0.15, 0.2) is 47.4 Å². The van der Waals surface area contributed by atoms with Crippen molar-refractivity contribution in [1.29, 1.82) is 0 Å². The minimum atomic E-state index is -0.369. The van der Waals surface area contributed by atoms with E-state index in [0.29, 0.717) is 18.7 Å². The van der Waals surface area contributed by atoms with E-state index in [1.54, 1.807) is 12.3 Å². The maximum atomic E-state index is 12.4. The van der Waals surface area contributed by atoms with Crippen LogP contribution in [-0.2, 0) is 13.1 Å². The number of benzene rings is 1. The van der Waals surface area contributed by atoms with Crippen LogP contribution in [0.3, 0.4) is 0 Å². The molecule has 1 aliphatic heterocycles. The van der Waals surface area contributed by atoms with Gasteiger partial charge in [-0.25, -0.2) is 0 Å². The lowest BCUT2D eigenvalue weighted by atomic mass is 10.2. The summed E-state index contributed by atoms with van der Waals surface area (Å²) < 4.78 is 1.52. The van der Waals surface area contributed by atoms with E-state index in [1.165, 1.54) is 4.57 Å². The van der Waals surface area contributed by atoms with Crippen molar-refractivity contribution in [1.82, 2.24) is 9.47 Å². The van der Waals surface area contributed by atoms with Crippen LogP contribution in [0.5, 0.6) is 5.75 Å². The standard InChI is InChI=1S/C18H22N2O3/c21-13-16-7-4-9-19(16)12-15-8-10-20(18(23)17(15)22)11-14-5-2-1-3-6-14/h1-3,5-6,8,10,16,21-22H,4,7,9,11-13H2/t16-/m1/s1. The minimum Gasteiger partial charge on any atom is -0.503 e. The van der Waals surface area contributed by atoms with Crippen molar-refractivity contribution in [3.8, 4) is 5.75 Å². The molecule has 1 atom stereocenters. The fourth-order valence-corrected chi connectivity index (χ4v) is 3.16. The Morgan fingerprint density at radius 3 is 2.65 bits per heavy atom. The van der Waals surface area contributed by atoms with Gasteiger partial charge in [-0.3, -0.25) is 9.69 Å². The first-order chi connectivity index (χ1) is 11.2. The molecule has 0 aliphatic carbocycles. The Morgan fingerprint density at radius 1 is 1.13 bits per heavy atom. The highest BCUT2D eigenvalue weighted by atomic mass is 16.3. The van der Waals surface area contributed by atoms with E-state index in [1.807, 2.05) is 30.3 Å². The number of hydrogen-bond acceptors (Lipinski definition) is 4. The average molecular weight is 314 g/mol. The van der Waals surface area contributed by atoms with Gasteiger partial charge in [0.1, 0.15) is 0 Å². The lowest BCUT2D eigenvalue weighted by molar-refractivity contribution is 0.152. The molecule has 0 spiro atoms. The molecule has 122 valence electrons. The van der Waals surface area contributed by atoms with E-state index < -0.39 is 0 Å². The number of rotatable bonds is 5. The summed E-state index contributed by atoms with van der Waals surface area (Å²) in [6.45, 7) is 1.94. The smallest absolute Gasteiger partial charge is 0.293 e. The van der Waals surface area contributed by atoms with Gasteiger partial charge in [0, 0.05) is 24.3 Å². The highest BCUT2D eigenvalue weighted by Crippen LogP contribution is 2.22. The Hall–Kier alpha value is -2.11. The number of pyridine rings is 1. The van der Waals surface area contributed by atoms with E-state index in [9.17, 15) is 15.0 Å². The first-order valence-corrected chi connectivity index (χ1v) is 7.99. The van der Waals surface area contributed by atoms with Crippen molar-refractivity contribution >= 4 is 0 Å². The summed E-state index contributed by atoms with van der Waals surface area (Å²) in [6.07, 6.45) is 3.73. The molecule has 0 bridgehead atoms. The number of aromatic nitrogens is 1. The zero-order valence-corrected chi connectivity index (χ0v) is 13.1. The molecule has 1 aliphatic rings. The summed E-state index contributed by atoms with van der Waals surface area (Å²) in [7, 11) is 0. The summed E-state index contributed by atoms with van der Waals surface area (Å²) in [4.78, 5) is 14.5. The van der Waals surface area contributed by atoms with E-state index in [0.717, 1.165) is 24.9 Å². The van der Waals surface area contributed by atoms with Gasteiger partial charge >= 0.3 is 0 Å². The molecule has 0 saturated carbocycles. The molecule has 2 aromatic rings. The largest absolute Gasteiger partial charge is 0.503 e. The molecule has 3 rings (SSSR count). The summed E-state index contributed by atoms with van der Waals surface area (Å²) in [5.74, 6) is -0.188. The second-order valence-corrected chi connectivity index (χ2v) is 6.06. The van der Waals surface area contributed by atoms with Crippen LogP contribution in [0.1, 0.15) is 24.0 Å². The third kappa shape index (κ3) is 3.46. The van der Waals surface area contributed by atoms with Gasteiger partial charge in [-0.05, 0) is 31.0 Å². The quantitative estimate of drug-likeness (QED) is 0.879. The van der Waals surface area contributed by atoms with Crippen LogP contribution < -0.4 is 5.56 Å². The predicted molar refractivity (Wildman–Crippen MR) is 88.4 cm³/mol. The van der Waals surface area contributed by atoms with Gasteiger partial charge < -0.3 is 14.8 Å². The maximum absolute atomic E-state index is 12.4. The highest BCUT2D eigenvalue weighted by Gasteiger charge is 2.24. The normalized spacial score (nSPS) is 18.4. The van der Waals surface area contributed by atoms with Crippen LogP contribution in [0, 0.1) is 0 Å². The van der Waals surface area contributed by atoms with Gasteiger partial charge in [0.05, 0.1) is 13.2 Å². The molecule has 0 amide bonds. The SMILES string of the molecule is O=c1c(O)c(CN2CCC[C@@H]2CO)ccn1Cc1ccccc1. The Balaban J connectivity index is 1.79. The van der Waals surface area contributed by atoms with E-state index >= 15 is 0 Å². The van der Waals surface area contributed by atoms with Crippen LogP contribution in [-0.4, -0.2) is 38.9 Å². The fraction of sp³-hybridized carbons (Fsp3) is 0.389. The molecule has 1 aromatic heterocycles. The summed E-state index contributed by atoms with van der Waals surface area (Å²) in [5, 5.41) is 19.6. The van der Waals surface area contributed by atoms with Crippen molar-refractivity contribution < 1.29 is 10.2 Å². The third-order valence-corrected chi connectivity index (χ3v) is 4.50. The fourth-order valence-electron chi connectivity index (χ4n) is 3.16. The summed E-state index contributed by atoms with van der Waals surface area (Å²) in [5.41, 5.74) is 1.27. The third-order valence-electron chi connectivity index (χ3n) is 4.50. The second-order valence-electron chi connectivity index (χ2n) is 6.06. The Bertz CT molecular complexity index is 712. The number of aliphatic hydroxyl groups excluding tert-OH is 1. The van der Waals surface area contributed by atoms with Crippen LogP contribution in [0.25, 0.3) is 0 Å². The molecule has 1 aromatic carbocycles. The molecule has 2 N–H and O–H groups in total. The molecule has 5 heteroatoms. The topological polar surface area (TPSA) is 65.7 Å². The predicted octanol–water partition coefficient (Wildman–Crippen LogP) is 1.56. The van der Waals surface area contributed by atoms with E-state index in [4.69, 9.17) is 0 Å². The molecule has 2 heterocycles. The van der Waals surface area contributed by atoms with Crippen molar-refractivity contribution in [3.05, 3.63) is 64.1 Å². The molecule has 5 nitrogen and oxygen atoms in total. The maximum Gasteiger partial charge on any atom is 0.293 e. The zero-order valence-electron chi connectivity index (χ0n) is 13.1. The van der Waals surface area contributed by atoms with Crippen LogP contribution >= 0.6 is 0 Å². The van der Waals surface area contributed by atoms with E-state index in [-0.39, 0.29) is 24.0 Å². The van der Waals surface area contributed by atoms with Crippen molar-refractivity contribution in [2.24, 2.45) is 0 Å². The number of aliphatic hydroxyl groups is 1. The van der Waals surface area contributed by atoms with Crippen LogP contribution in [0.4, 0.5) is 0 Å². The first kappa shape index (κ1) is 15.8.